The molecule has 15 heavy (non-hydrogen) atoms. The van der Waals surface area contributed by atoms with Crippen LogP contribution >= 0.6 is 22.4 Å². The molecular formula is C9H11ClO3S2. The Morgan fingerprint density at radius 3 is 2.60 bits per heavy atom. The fourth-order valence-corrected chi connectivity index (χ4v) is 2.67. The minimum absolute atomic E-state index is 0.181. The van der Waals surface area contributed by atoms with Crippen molar-refractivity contribution in [2.75, 3.05) is 13.4 Å². The normalized spacial score (nSPS) is 11.4. The first kappa shape index (κ1) is 12.7. The van der Waals surface area contributed by atoms with Gasteiger partial charge in [0.05, 0.1) is 12.9 Å². The molecule has 0 aliphatic carbocycles. The van der Waals surface area contributed by atoms with Gasteiger partial charge in [-0.2, -0.15) is 0 Å². The van der Waals surface area contributed by atoms with Gasteiger partial charge in [0.1, 0.15) is 5.75 Å². The number of methoxy groups -OCH3 is 1. The molecule has 0 saturated carbocycles. The third-order valence-electron chi connectivity index (χ3n) is 1.79. The Morgan fingerprint density at radius 1 is 1.47 bits per heavy atom. The van der Waals surface area contributed by atoms with Crippen LogP contribution in [-0.2, 0) is 14.8 Å². The Hall–Kier alpha value is -0.390. The molecule has 0 fully saturated rings. The fourth-order valence-electron chi connectivity index (χ4n) is 1.17. The Balaban J connectivity index is 3.03. The zero-order chi connectivity index (χ0) is 11.5. The second kappa shape index (κ2) is 5.09. The van der Waals surface area contributed by atoms with E-state index in [0.717, 1.165) is 4.90 Å². The van der Waals surface area contributed by atoms with E-state index >= 15 is 0 Å². The van der Waals surface area contributed by atoms with Crippen molar-refractivity contribution in [3.05, 3.63) is 23.8 Å². The van der Waals surface area contributed by atoms with Gasteiger partial charge in [0, 0.05) is 15.6 Å². The Morgan fingerprint density at radius 2 is 2.13 bits per heavy atom. The SMILES string of the molecule is COc1cc(CS(=O)(=O)Cl)ccc1SC. The van der Waals surface area contributed by atoms with Crippen molar-refractivity contribution < 1.29 is 13.2 Å². The van der Waals surface area contributed by atoms with Crippen molar-refractivity contribution in [2.45, 2.75) is 10.6 Å². The van der Waals surface area contributed by atoms with Gasteiger partial charge in [-0.15, -0.1) is 11.8 Å². The molecule has 0 aromatic heterocycles. The number of hydrogen-bond donors (Lipinski definition) is 0. The molecule has 0 amide bonds. The van der Waals surface area contributed by atoms with Gasteiger partial charge in [-0.1, -0.05) is 6.07 Å². The predicted octanol–water partition coefficient (Wildman–Crippen LogP) is 2.49. The summed E-state index contributed by atoms with van der Waals surface area (Å²) in [7, 11) is 3.20. The molecule has 0 saturated heterocycles. The zero-order valence-corrected chi connectivity index (χ0v) is 10.7. The first-order valence-corrected chi connectivity index (χ1v) is 7.80. The number of hydrogen-bond acceptors (Lipinski definition) is 4. The smallest absolute Gasteiger partial charge is 0.236 e. The summed E-state index contributed by atoms with van der Waals surface area (Å²) in [6.07, 6.45) is 1.93. The van der Waals surface area contributed by atoms with E-state index < -0.39 is 9.05 Å². The summed E-state index contributed by atoms with van der Waals surface area (Å²) in [6.45, 7) is 0. The van der Waals surface area contributed by atoms with E-state index in [9.17, 15) is 8.42 Å². The van der Waals surface area contributed by atoms with E-state index in [1.807, 2.05) is 12.3 Å². The number of halogens is 1. The van der Waals surface area contributed by atoms with Crippen molar-refractivity contribution in [1.29, 1.82) is 0 Å². The van der Waals surface area contributed by atoms with Gasteiger partial charge in [0.2, 0.25) is 9.05 Å². The maximum atomic E-state index is 10.9. The Labute approximate surface area is 98.2 Å². The summed E-state index contributed by atoms with van der Waals surface area (Å²) in [5.74, 6) is 0.486. The lowest BCUT2D eigenvalue weighted by Crippen LogP contribution is -1.96. The average molecular weight is 267 g/mol. The first-order chi connectivity index (χ1) is 6.96. The van der Waals surface area contributed by atoms with Crippen LogP contribution in [0.4, 0.5) is 0 Å². The second-order valence-electron chi connectivity index (χ2n) is 2.87. The quantitative estimate of drug-likeness (QED) is 0.620. The summed E-state index contributed by atoms with van der Waals surface area (Å²) >= 11 is 1.54. The lowest BCUT2D eigenvalue weighted by molar-refractivity contribution is 0.404. The molecule has 0 aliphatic rings. The molecule has 0 atom stereocenters. The second-order valence-corrected chi connectivity index (χ2v) is 6.50. The van der Waals surface area contributed by atoms with Crippen LogP contribution in [0.1, 0.15) is 5.56 Å². The lowest BCUT2D eigenvalue weighted by atomic mass is 10.2. The summed E-state index contributed by atoms with van der Waals surface area (Å²) in [4.78, 5) is 0.966. The van der Waals surface area contributed by atoms with E-state index in [1.165, 1.54) is 11.8 Å². The minimum Gasteiger partial charge on any atom is -0.496 e. The maximum Gasteiger partial charge on any atom is 0.236 e. The van der Waals surface area contributed by atoms with Crippen LogP contribution in [0.25, 0.3) is 0 Å². The number of ether oxygens (including phenoxy) is 1. The van der Waals surface area contributed by atoms with Crippen LogP contribution in [0.15, 0.2) is 23.1 Å². The summed E-state index contributed by atoms with van der Waals surface area (Å²) in [5, 5.41) is 0. The molecule has 0 aliphatic heterocycles. The van der Waals surface area contributed by atoms with E-state index in [0.29, 0.717) is 11.3 Å². The molecule has 0 unspecified atom stereocenters. The maximum absolute atomic E-state index is 10.9. The lowest BCUT2D eigenvalue weighted by Gasteiger charge is -2.07. The third-order valence-corrected chi connectivity index (χ3v) is 3.57. The summed E-state index contributed by atoms with van der Waals surface area (Å²) in [6, 6.07) is 5.24. The van der Waals surface area contributed by atoms with Crippen LogP contribution in [0.3, 0.4) is 0 Å². The van der Waals surface area contributed by atoms with Gasteiger partial charge < -0.3 is 4.74 Å². The largest absolute Gasteiger partial charge is 0.496 e. The van der Waals surface area contributed by atoms with Gasteiger partial charge in [-0.05, 0) is 24.0 Å². The topological polar surface area (TPSA) is 43.4 Å². The molecule has 3 nitrogen and oxygen atoms in total. The van der Waals surface area contributed by atoms with E-state index in [-0.39, 0.29) is 5.75 Å². The van der Waals surface area contributed by atoms with Gasteiger partial charge in [0.15, 0.2) is 0 Å². The molecule has 1 aromatic rings. The standard InChI is InChI=1S/C9H11ClO3S2/c1-13-8-5-7(6-15(10,11)12)3-4-9(8)14-2/h3-5H,6H2,1-2H3. The highest BCUT2D eigenvalue weighted by molar-refractivity contribution is 8.13. The number of rotatable bonds is 4. The van der Waals surface area contributed by atoms with Gasteiger partial charge >= 0.3 is 0 Å². The molecule has 0 spiro atoms. The highest BCUT2D eigenvalue weighted by Crippen LogP contribution is 2.29. The van der Waals surface area contributed by atoms with Crippen molar-refractivity contribution in [2.24, 2.45) is 0 Å². The Kier molecular flexibility index (Phi) is 4.31. The molecule has 1 rings (SSSR count). The van der Waals surface area contributed by atoms with Crippen LogP contribution in [-0.4, -0.2) is 21.8 Å². The predicted molar refractivity (Wildman–Crippen MR) is 63.3 cm³/mol. The average Bonchev–Trinajstić information content (AvgIpc) is 2.15. The molecule has 6 heteroatoms. The van der Waals surface area contributed by atoms with Crippen molar-refractivity contribution in [3.63, 3.8) is 0 Å². The van der Waals surface area contributed by atoms with E-state index in [2.05, 4.69) is 0 Å². The van der Waals surface area contributed by atoms with Gasteiger partial charge in [-0.3, -0.25) is 0 Å². The highest BCUT2D eigenvalue weighted by Gasteiger charge is 2.09. The number of thioether (sulfide) groups is 1. The van der Waals surface area contributed by atoms with Crippen LogP contribution < -0.4 is 4.74 Å². The molecule has 84 valence electrons. The molecule has 0 radical (unpaired) electrons. The number of benzene rings is 1. The molecule has 1 aromatic carbocycles. The van der Waals surface area contributed by atoms with Gasteiger partial charge in [-0.25, -0.2) is 8.42 Å². The summed E-state index contributed by atoms with van der Waals surface area (Å²) in [5.41, 5.74) is 0.625. The zero-order valence-electron chi connectivity index (χ0n) is 8.36. The molecule has 0 heterocycles. The molecule has 0 N–H and O–H groups in total. The monoisotopic (exact) mass is 266 g/mol. The summed E-state index contributed by atoms with van der Waals surface area (Å²) < 4.78 is 26.9. The van der Waals surface area contributed by atoms with Crippen LogP contribution in [0.2, 0.25) is 0 Å². The third kappa shape index (κ3) is 3.93. The molecular weight excluding hydrogens is 256 g/mol. The van der Waals surface area contributed by atoms with Gasteiger partial charge in [0.25, 0.3) is 0 Å². The van der Waals surface area contributed by atoms with E-state index in [1.54, 1.807) is 19.2 Å². The fraction of sp³-hybridized carbons (Fsp3) is 0.333. The van der Waals surface area contributed by atoms with Crippen LogP contribution in [0, 0.1) is 0 Å². The Bertz CT molecular complexity index is 443. The van der Waals surface area contributed by atoms with Crippen molar-refractivity contribution in [3.8, 4) is 5.75 Å². The first-order valence-electron chi connectivity index (χ1n) is 4.09. The van der Waals surface area contributed by atoms with Crippen molar-refractivity contribution >= 4 is 31.5 Å². The minimum atomic E-state index is -3.51. The van der Waals surface area contributed by atoms with Crippen LogP contribution in [0.5, 0.6) is 5.75 Å². The molecule has 0 bridgehead atoms. The highest BCUT2D eigenvalue weighted by atomic mass is 35.7. The van der Waals surface area contributed by atoms with E-state index in [4.69, 9.17) is 15.4 Å². The van der Waals surface area contributed by atoms with Crippen molar-refractivity contribution in [1.82, 2.24) is 0 Å².